The van der Waals surface area contributed by atoms with Gasteiger partial charge in [0.2, 0.25) is 0 Å². The molecule has 2 aromatic rings. The first-order valence-electron chi connectivity index (χ1n) is 6.83. The molecule has 2 rings (SSSR count). The van der Waals surface area contributed by atoms with Crippen molar-refractivity contribution in [3.05, 3.63) is 51.2 Å². The number of carbonyl (C=O) groups excluding carboxylic acids is 1. The van der Waals surface area contributed by atoms with Crippen LogP contribution in [0.15, 0.2) is 29.6 Å². The molecule has 0 saturated carbocycles. The average molecular weight is 304 g/mol. The van der Waals surface area contributed by atoms with Crippen molar-refractivity contribution >= 4 is 17.2 Å². The van der Waals surface area contributed by atoms with E-state index >= 15 is 0 Å². The lowest BCUT2D eigenvalue weighted by Crippen LogP contribution is -2.30. The summed E-state index contributed by atoms with van der Waals surface area (Å²) in [5.74, 6) is 6.17. The zero-order valence-electron chi connectivity index (χ0n) is 12.5. The first-order valence-corrected chi connectivity index (χ1v) is 7.71. The van der Waals surface area contributed by atoms with E-state index in [1.807, 2.05) is 23.6 Å². The molecule has 5 heteroatoms. The second-order valence-corrected chi connectivity index (χ2v) is 6.19. The summed E-state index contributed by atoms with van der Waals surface area (Å²) in [7, 11) is 0. The average Bonchev–Trinajstić information content (AvgIpc) is 2.92. The van der Waals surface area contributed by atoms with Gasteiger partial charge in [-0.2, -0.15) is 0 Å². The predicted molar refractivity (Wildman–Crippen MR) is 85.6 cm³/mol. The lowest BCUT2D eigenvalue weighted by molar-refractivity contribution is 0.0955. The topological polar surface area (TPSA) is 64.3 Å². The van der Waals surface area contributed by atoms with Crippen LogP contribution in [0.5, 0.6) is 5.75 Å². The van der Waals surface area contributed by atoms with Gasteiger partial charge in [-0.3, -0.25) is 10.2 Å². The van der Waals surface area contributed by atoms with Gasteiger partial charge in [0.1, 0.15) is 12.4 Å². The van der Waals surface area contributed by atoms with Crippen molar-refractivity contribution in [2.45, 2.75) is 33.3 Å². The minimum atomic E-state index is -0.282. The van der Waals surface area contributed by atoms with E-state index in [1.165, 1.54) is 22.5 Å². The van der Waals surface area contributed by atoms with Crippen LogP contribution in [-0.4, -0.2) is 5.91 Å². The van der Waals surface area contributed by atoms with E-state index in [0.29, 0.717) is 17.4 Å². The molecular weight excluding hydrogens is 284 g/mol. The summed E-state index contributed by atoms with van der Waals surface area (Å²) >= 11 is 1.36. The SMILES string of the molecule is Cc1cc(OCc2ccsc2C(=O)NN)cc(C(C)C)c1. The molecule has 112 valence electrons. The minimum absolute atomic E-state index is 0.282. The van der Waals surface area contributed by atoms with Crippen molar-refractivity contribution in [3.8, 4) is 5.75 Å². The van der Waals surface area contributed by atoms with E-state index in [1.54, 1.807) is 0 Å². The van der Waals surface area contributed by atoms with Crippen molar-refractivity contribution in [3.63, 3.8) is 0 Å². The Kier molecular flexibility index (Phi) is 4.98. The fraction of sp³-hybridized carbons (Fsp3) is 0.312. The highest BCUT2D eigenvalue weighted by Gasteiger charge is 2.12. The van der Waals surface area contributed by atoms with Crippen LogP contribution in [0.4, 0.5) is 0 Å². The van der Waals surface area contributed by atoms with E-state index in [-0.39, 0.29) is 5.91 Å². The van der Waals surface area contributed by atoms with Crippen LogP contribution in [0, 0.1) is 6.92 Å². The maximum absolute atomic E-state index is 11.6. The normalized spacial score (nSPS) is 10.7. The van der Waals surface area contributed by atoms with Gasteiger partial charge in [-0.05, 0) is 47.5 Å². The summed E-state index contributed by atoms with van der Waals surface area (Å²) in [4.78, 5) is 12.2. The maximum Gasteiger partial charge on any atom is 0.275 e. The largest absolute Gasteiger partial charge is 0.489 e. The molecule has 21 heavy (non-hydrogen) atoms. The van der Waals surface area contributed by atoms with Gasteiger partial charge in [-0.15, -0.1) is 11.3 Å². The lowest BCUT2D eigenvalue weighted by Gasteiger charge is -2.12. The summed E-state index contributed by atoms with van der Waals surface area (Å²) in [6, 6.07) is 8.09. The number of aryl methyl sites for hydroxylation is 1. The molecule has 0 bridgehead atoms. The molecule has 1 heterocycles. The number of rotatable bonds is 5. The Morgan fingerprint density at radius 3 is 2.81 bits per heavy atom. The lowest BCUT2D eigenvalue weighted by atomic mass is 10.0. The Morgan fingerprint density at radius 2 is 2.14 bits per heavy atom. The molecule has 0 unspecified atom stereocenters. The van der Waals surface area contributed by atoms with Gasteiger partial charge in [0.05, 0.1) is 4.88 Å². The van der Waals surface area contributed by atoms with E-state index in [2.05, 4.69) is 32.3 Å². The Hall–Kier alpha value is -1.85. The fourth-order valence-corrected chi connectivity index (χ4v) is 2.88. The van der Waals surface area contributed by atoms with Gasteiger partial charge in [0, 0.05) is 5.56 Å². The highest BCUT2D eigenvalue weighted by atomic mass is 32.1. The quantitative estimate of drug-likeness (QED) is 0.506. The molecule has 1 amide bonds. The van der Waals surface area contributed by atoms with Crippen molar-refractivity contribution in [2.75, 3.05) is 0 Å². The number of nitrogen functional groups attached to an aromatic ring is 1. The van der Waals surface area contributed by atoms with Crippen LogP contribution in [0.2, 0.25) is 0 Å². The molecule has 3 N–H and O–H groups in total. The van der Waals surface area contributed by atoms with Gasteiger partial charge in [0.25, 0.3) is 5.91 Å². The Balaban J connectivity index is 2.13. The van der Waals surface area contributed by atoms with E-state index in [0.717, 1.165) is 11.3 Å². The third-order valence-corrected chi connectivity index (χ3v) is 4.17. The molecule has 0 spiro atoms. The molecule has 4 nitrogen and oxygen atoms in total. The summed E-state index contributed by atoms with van der Waals surface area (Å²) in [5, 5.41) is 1.86. The van der Waals surface area contributed by atoms with Crippen LogP contribution in [0.25, 0.3) is 0 Å². The number of thiophene rings is 1. The summed E-state index contributed by atoms with van der Waals surface area (Å²) < 4.78 is 5.84. The van der Waals surface area contributed by atoms with Crippen LogP contribution in [0.3, 0.4) is 0 Å². The van der Waals surface area contributed by atoms with Crippen molar-refractivity contribution in [1.29, 1.82) is 0 Å². The molecule has 1 aromatic carbocycles. The molecule has 0 aliphatic carbocycles. The Morgan fingerprint density at radius 1 is 1.38 bits per heavy atom. The van der Waals surface area contributed by atoms with Crippen molar-refractivity contribution < 1.29 is 9.53 Å². The van der Waals surface area contributed by atoms with Crippen molar-refractivity contribution in [2.24, 2.45) is 5.84 Å². The molecule has 0 fully saturated rings. The molecule has 0 radical (unpaired) electrons. The monoisotopic (exact) mass is 304 g/mol. The molecule has 1 aromatic heterocycles. The number of carbonyl (C=O) groups is 1. The summed E-state index contributed by atoms with van der Waals surface area (Å²) in [5.41, 5.74) is 5.41. The number of hydrogen-bond acceptors (Lipinski definition) is 4. The predicted octanol–water partition coefficient (Wildman–Crippen LogP) is 3.36. The van der Waals surface area contributed by atoms with Gasteiger partial charge in [0.15, 0.2) is 0 Å². The van der Waals surface area contributed by atoms with Gasteiger partial charge >= 0.3 is 0 Å². The minimum Gasteiger partial charge on any atom is -0.489 e. The molecule has 0 atom stereocenters. The fourth-order valence-electron chi connectivity index (χ4n) is 2.07. The van der Waals surface area contributed by atoms with Crippen molar-refractivity contribution in [1.82, 2.24) is 5.43 Å². The smallest absolute Gasteiger partial charge is 0.275 e. The van der Waals surface area contributed by atoms with E-state index in [9.17, 15) is 4.79 Å². The third-order valence-electron chi connectivity index (χ3n) is 3.22. The van der Waals surface area contributed by atoms with E-state index in [4.69, 9.17) is 10.6 Å². The number of benzene rings is 1. The van der Waals surface area contributed by atoms with Crippen LogP contribution in [0.1, 0.15) is 46.1 Å². The first kappa shape index (κ1) is 15.5. The molecule has 0 aliphatic rings. The zero-order chi connectivity index (χ0) is 15.4. The molecule has 0 saturated heterocycles. The third kappa shape index (κ3) is 3.83. The number of nitrogens with two attached hydrogens (primary N) is 1. The second kappa shape index (κ2) is 6.74. The van der Waals surface area contributed by atoms with E-state index < -0.39 is 0 Å². The first-order chi connectivity index (χ1) is 10.0. The highest BCUT2D eigenvalue weighted by Crippen LogP contribution is 2.24. The van der Waals surface area contributed by atoms with Gasteiger partial charge in [-0.1, -0.05) is 19.9 Å². The maximum atomic E-state index is 11.6. The number of hydrazine groups is 1. The van der Waals surface area contributed by atoms with Crippen LogP contribution in [-0.2, 0) is 6.61 Å². The Labute approximate surface area is 128 Å². The molecule has 0 aliphatic heterocycles. The summed E-state index contributed by atoms with van der Waals surface area (Å²) in [6.45, 7) is 6.71. The summed E-state index contributed by atoms with van der Waals surface area (Å²) in [6.07, 6.45) is 0. The second-order valence-electron chi connectivity index (χ2n) is 5.27. The van der Waals surface area contributed by atoms with Gasteiger partial charge < -0.3 is 4.74 Å². The molecular formula is C16H20N2O2S. The number of ether oxygens (including phenoxy) is 1. The standard InChI is InChI=1S/C16H20N2O2S/c1-10(2)13-6-11(3)7-14(8-13)20-9-12-4-5-21-15(12)16(19)18-17/h4-8,10H,9,17H2,1-3H3,(H,18,19). The van der Waals surface area contributed by atoms with Crippen LogP contribution < -0.4 is 16.0 Å². The Bertz CT molecular complexity index is 635. The zero-order valence-corrected chi connectivity index (χ0v) is 13.3. The number of hydrogen-bond donors (Lipinski definition) is 2. The number of nitrogens with one attached hydrogen (secondary N) is 1. The van der Waals surface area contributed by atoms with Crippen LogP contribution >= 0.6 is 11.3 Å². The highest BCUT2D eigenvalue weighted by molar-refractivity contribution is 7.12. The number of amides is 1. The van der Waals surface area contributed by atoms with Gasteiger partial charge in [-0.25, -0.2) is 5.84 Å².